The zero-order valence-electron chi connectivity index (χ0n) is 14.7. The van der Waals surface area contributed by atoms with Gasteiger partial charge in [-0.15, -0.1) is 0 Å². The molecule has 1 aromatic carbocycles. The molecule has 6 heteroatoms. The van der Waals surface area contributed by atoms with Crippen LogP contribution in [0, 0.1) is 11.8 Å². The van der Waals surface area contributed by atoms with Gasteiger partial charge in [-0.05, 0) is 55.3 Å². The maximum atomic E-state index is 13.9. The summed E-state index contributed by atoms with van der Waals surface area (Å²) >= 11 is 0. The monoisotopic (exact) mass is 370 g/mol. The van der Waals surface area contributed by atoms with Crippen LogP contribution in [0.5, 0.6) is 0 Å². The zero-order chi connectivity index (χ0) is 18.9. The zero-order valence-corrected chi connectivity index (χ0v) is 14.7. The van der Waals surface area contributed by atoms with Crippen LogP contribution in [0.4, 0.5) is 8.78 Å². The number of nitrogens with zero attached hydrogens (tertiary/aromatic N) is 2. The fourth-order valence-corrected chi connectivity index (χ4v) is 3.54. The Labute approximate surface area is 156 Å². The van der Waals surface area contributed by atoms with Crippen LogP contribution in [-0.2, 0) is 12.1 Å². The number of pyridine rings is 1. The molecule has 4 rings (SSSR count). The molecule has 0 aliphatic carbocycles. The molecule has 0 spiro atoms. The van der Waals surface area contributed by atoms with Crippen molar-refractivity contribution in [3.05, 3.63) is 77.8 Å². The van der Waals surface area contributed by atoms with Crippen molar-refractivity contribution in [1.29, 1.82) is 0 Å². The molecular formula is C21H20F2N2O2. The molecule has 140 valence electrons. The van der Waals surface area contributed by atoms with Crippen molar-refractivity contribution in [2.45, 2.75) is 25.0 Å². The van der Waals surface area contributed by atoms with Gasteiger partial charge in [-0.25, -0.2) is 9.37 Å². The summed E-state index contributed by atoms with van der Waals surface area (Å²) in [5.74, 6) is 0.600. The second-order valence-electron chi connectivity index (χ2n) is 6.92. The van der Waals surface area contributed by atoms with E-state index in [1.165, 1.54) is 18.3 Å². The summed E-state index contributed by atoms with van der Waals surface area (Å²) in [6.45, 7) is 1.85. The van der Waals surface area contributed by atoms with E-state index in [1.54, 1.807) is 24.3 Å². The molecule has 0 atom stereocenters. The van der Waals surface area contributed by atoms with Crippen LogP contribution >= 0.6 is 0 Å². The fraction of sp³-hybridized carbons (Fsp3) is 0.286. The highest BCUT2D eigenvalue weighted by Gasteiger charge is 2.36. The second kappa shape index (κ2) is 7.21. The van der Waals surface area contributed by atoms with Gasteiger partial charge in [0, 0.05) is 30.4 Å². The van der Waals surface area contributed by atoms with Crippen LogP contribution in [-0.4, -0.2) is 28.1 Å². The van der Waals surface area contributed by atoms with E-state index >= 15 is 0 Å². The third kappa shape index (κ3) is 3.77. The molecular weight excluding hydrogens is 350 g/mol. The average molecular weight is 370 g/mol. The Morgan fingerprint density at radius 2 is 1.78 bits per heavy atom. The number of rotatable bonds is 4. The first-order valence-corrected chi connectivity index (χ1v) is 8.94. The summed E-state index contributed by atoms with van der Waals surface area (Å²) in [5, 5.41) is 10.8. The van der Waals surface area contributed by atoms with Gasteiger partial charge < -0.3 is 9.52 Å². The van der Waals surface area contributed by atoms with Gasteiger partial charge in [-0.2, -0.15) is 4.39 Å². The lowest BCUT2D eigenvalue weighted by Crippen LogP contribution is -2.42. The Kier molecular flexibility index (Phi) is 4.76. The lowest BCUT2D eigenvalue weighted by atomic mass is 9.85. The van der Waals surface area contributed by atoms with Crippen molar-refractivity contribution in [3.8, 4) is 11.3 Å². The van der Waals surface area contributed by atoms with Gasteiger partial charge >= 0.3 is 0 Å². The molecule has 0 bridgehead atoms. The number of benzene rings is 1. The van der Waals surface area contributed by atoms with E-state index in [4.69, 9.17) is 4.42 Å². The quantitative estimate of drug-likeness (QED) is 0.703. The van der Waals surface area contributed by atoms with E-state index in [0.717, 1.165) is 11.3 Å². The molecule has 1 aliphatic heterocycles. The summed E-state index contributed by atoms with van der Waals surface area (Å²) < 4.78 is 32.8. The number of halogens is 2. The molecule has 0 saturated carbocycles. The van der Waals surface area contributed by atoms with E-state index in [1.807, 2.05) is 12.1 Å². The van der Waals surface area contributed by atoms with Gasteiger partial charge in [0.15, 0.2) is 0 Å². The van der Waals surface area contributed by atoms with Crippen LogP contribution < -0.4 is 0 Å². The first-order chi connectivity index (χ1) is 13.0. The molecule has 27 heavy (non-hydrogen) atoms. The van der Waals surface area contributed by atoms with Crippen LogP contribution in [0.3, 0.4) is 0 Å². The lowest BCUT2D eigenvalue weighted by Gasteiger charge is -2.38. The predicted molar refractivity (Wildman–Crippen MR) is 96.7 cm³/mol. The molecule has 2 aromatic heterocycles. The molecule has 1 N–H and O–H groups in total. The summed E-state index contributed by atoms with van der Waals surface area (Å²) in [6, 6.07) is 13.2. The van der Waals surface area contributed by atoms with Crippen LogP contribution in [0.2, 0.25) is 0 Å². The number of aromatic nitrogens is 1. The Balaban J connectivity index is 1.40. The van der Waals surface area contributed by atoms with Gasteiger partial charge in [-0.1, -0.05) is 6.07 Å². The first kappa shape index (κ1) is 17.8. The van der Waals surface area contributed by atoms with Gasteiger partial charge in [-0.3, -0.25) is 4.90 Å². The summed E-state index contributed by atoms with van der Waals surface area (Å²) in [7, 11) is 0. The standard InChI is InChI=1S/C21H20F2N2O2/c22-16-5-3-15(4-6-16)19-8-7-17(27-19)14-25-12-9-21(26,10-13-25)18-2-1-11-24-20(18)23/h1-8,11,26H,9-10,12-14H2. The van der Waals surface area contributed by atoms with E-state index in [0.29, 0.717) is 38.2 Å². The number of likely N-dealkylation sites (tertiary alicyclic amines) is 1. The van der Waals surface area contributed by atoms with Crippen molar-refractivity contribution < 1.29 is 18.3 Å². The van der Waals surface area contributed by atoms with E-state index < -0.39 is 11.5 Å². The van der Waals surface area contributed by atoms with Crippen molar-refractivity contribution >= 4 is 0 Å². The summed E-state index contributed by atoms with van der Waals surface area (Å²) in [4.78, 5) is 5.81. The second-order valence-corrected chi connectivity index (χ2v) is 6.92. The van der Waals surface area contributed by atoms with Gasteiger partial charge in [0.25, 0.3) is 0 Å². The van der Waals surface area contributed by atoms with Crippen molar-refractivity contribution in [2.24, 2.45) is 0 Å². The van der Waals surface area contributed by atoms with Gasteiger partial charge in [0.1, 0.15) is 17.3 Å². The SMILES string of the molecule is OC1(c2cccnc2F)CCN(Cc2ccc(-c3ccc(F)cc3)o2)CC1. The molecule has 1 fully saturated rings. The average Bonchev–Trinajstić information content (AvgIpc) is 3.13. The van der Waals surface area contributed by atoms with Gasteiger partial charge in [0.2, 0.25) is 5.95 Å². The molecule has 0 radical (unpaired) electrons. The number of furan rings is 1. The lowest BCUT2D eigenvalue weighted by molar-refractivity contribution is -0.0319. The van der Waals surface area contributed by atoms with Crippen molar-refractivity contribution in [1.82, 2.24) is 9.88 Å². The molecule has 1 saturated heterocycles. The van der Waals surface area contributed by atoms with E-state index in [-0.39, 0.29) is 11.4 Å². The van der Waals surface area contributed by atoms with Crippen LogP contribution in [0.25, 0.3) is 11.3 Å². The highest BCUT2D eigenvalue weighted by Crippen LogP contribution is 2.34. The summed E-state index contributed by atoms with van der Waals surface area (Å²) in [6.07, 6.45) is 2.25. The van der Waals surface area contributed by atoms with E-state index in [9.17, 15) is 13.9 Å². The topological polar surface area (TPSA) is 49.5 Å². The van der Waals surface area contributed by atoms with Crippen molar-refractivity contribution in [2.75, 3.05) is 13.1 Å². The number of piperidine rings is 1. The minimum Gasteiger partial charge on any atom is -0.460 e. The van der Waals surface area contributed by atoms with Crippen molar-refractivity contribution in [3.63, 3.8) is 0 Å². The molecule has 3 aromatic rings. The predicted octanol–water partition coefficient (Wildman–Crippen LogP) is 4.10. The highest BCUT2D eigenvalue weighted by atomic mass is 19.1. The van der Waals surface area contributed by atoms with E-state index in [2.05, 4.69) is 9.88 Å². The largest absolute Gasteiger partial charge is 0.460 e. The Morgan fingerprint density at radius 3 is 2.48 bits per heavy atom. The normalized spacial score (nSPS) is 17.1. The highest BCUT2D eigenvalue weighted by molar-refractivity contribution is 5.57. The number of hydrogen-bond donors (Lipinski definition) is 1. The smallest absolute Gasteiger partial charge is 0.218 e. The van der Waals surface area contributed by atoms with Crippen LogP contribution in [0.15, 0.2) is 59.1 Å². The Hall–Kier alpha value is -2.57. The number of hydrogen-bond acceptors (Lipinski definition) is 4. The number of aliphatic hydroxyl groups is 1. The molecule has 0 unspecified atom stereocenters. The third-order valence-corrected chi connectivity index (χ3v) is 5.11. The molecule has 1 aliphatic rings. The molecule has 0 amide bonds. The summed E-state index contributed by atoms with van der Waals surface area (Å²) in [5.41, 5.74) is -0.0962. The third-order valence-electron chi connectivity index (χ3n) is 5.11. The minimum absolute atomic E-state index is 0.265. The Morgan fingerprint density at radius 1 is 1.04 bits per heavy atom. The molecule has 3 heterocycles. The molecule has 4 nitrogen and oxygen atoms in total. The maximum Gasteiger partial charge on any atom is 0.218 e. The van der Waals surface area contributed by atoms with Crippen LogP contribution in [0.1, 0.15) is 24.2 Å². The Bertz CT molecular complexity index is 916. The first-order valence-electron chi connectivity index (χ1n) is 8.94. The minimum atomic E-state index is -1.18. The van der Waals surface area contributed by atoms with Gasteiger partial charge in [0.05, 0.1) is 12.1 Å². The fourth-order valence-electron chi connectivity index (χ4n) is 3.54. The maximum absolute atomic E-state index is 13.9.